The van der Waals surface area contributed by atoms with E-state index in [1.807, 2.05) is 19.1 Å². The van der Waals surface area contributed by atoms with E-state index >= 15 is 0 Å². The van der Waals surface area contributed by atoms with Crippen molar-refractivity contribution in [2.24, 2.45) is 0 Å². The van der Waals surface area contributed by atoms with E-state index in [1.165, 1.54) is 24.3 Å². The molecule has 1 aromatic heterocycles. The summed E-state index contributed by atoms with van der Waals surface area (Å²) in [6.45, 7) is 4.10. The predicted octanol–water partition coefficient (Wildman–Crippen LogP) is 2.79. The van der Waals surface area contributed by atoms with Crippen molar-refractivity contribution in [3.63, 3.8) is 0 Å². The van der Waals surface area contributed by atoms with Crippen molar-refractivity contribution in [3.8, 4) is 17.1 Å². The van der Waals surface area contributed by atoms with Gasteiger partial charge in [0.05, 0.1) is 22.6 Å². The Labute approximate surface area is 174 Å². The molecule has 3 rings (SSSR count). The number of hydrogen-bond donors (Lipinski definition) is 1. The van der Waals surface area contributed by atoms with Crippen molar-refractivity contribution in [3.05, 3.63) is 60.0 Å². The summed E-state index contributed by atoms with van der Waals surface area (Å²) in [5.74, 6) is 0.424. The lowest BCUT2D eigenvalue weighted by Gasteiger charge is -2.06. The molecule has 0 unspecified atom stereocenters. The van der Waals surface area contributed by atoms with E-state index in [4.69, 9.17) is 14.0 Å². The molecule has 0 saturated carbocycles. The molecule has 0 aliphatic rings. The number of nitrogens with one attached hydrogen (secondary N) is 1. The molecular formula is C20H21N3O6S. The van der Waals surface area contributed by atoms with Crippen molar-refractivity contribution in [1.82, 2.24) is 14.9 Å². The Bertz CT molecular complexity index is 1110. The molecule has 0 aliphatic carbocycles. The minimum atomic E-state index is -3.59. The second-order valence-corrected chi connectivity index (χ2v) is 7.81. The molecule has 9 nitrogen and oxygen atoms in total. The first-order valence-corrected chi connectivity index (χ1v) is 10.7. The fourth-order valence-corrected chi connectivity index (χ4v) is 3.65. The number of sulfonamides is 1. The summed E-state index contributed by atoms with van der Waals surface area (Å²) in [6, 6.07) is 12.7. The van der Waals surface area contributed by atoms with Gasteiger partial charge in [-0.2, -0.15) is 4.98 Å². The molecule has 0 amide bonds. The van der Waals surface area contributed by atoms with Crippen LogP contribution in [0.5, 0.6) is 5.75 Å². The number of hydrogen-bond acceptors (Lipinski definition) is 8. The summed E-state index contributed by atoms with van der Waals surface area (Å²) in [5.41, 5.74) is 0.866. The molecule has 0 saturated heterocycles. The van der Waals surface area contributed by atoms with E-state index in [-0.39, 0.29) is 29.5 Å². The lowest BCUT2D eigenvalue weighted by Crippen LogP contribution is -2.23. The number of nitrogens with zero attached hydrogens (tertiary/aromatic N) is 2. The molecule has 30 heavy (non-hydrogen) atoms. The van der Waals surface area contributed by atoms with E-state index < -0.39 is 16.0 Å². The highest BCUT2D eigenvalue weighted by molar-refractivity contribution is 7.89. The van der Waals surface area contributed by atoms with Gasteiger partial charge in [0.25, 0.3) is 5.89 Å². The van der Waals surface area contributed by atoms with Crippen LogP contribution in [0, 0.1) is 0 Å². The zero-order valence-electron chi connectivity index (χ0n) is 16.5. The van der Waals surface area contributed by atoms with E-state index in [2.05, 4.69) is 14.9 Å². The topological polar surface area (TPSA) is 121 Å². The third-order valence-corrected chi connectivity index (χ3v) is 5.52. The van der Waals surface area contributed by atoms with Crippen molar-refractivity contribution < 1.29 is 27.2 Å². The number of rotatable bonds is 9. The Kier molecular flexibility index (Phi) is 6.80. The van der Waals surface area contributed by atoms with Crippen LogP contribution in [0.15, 0.2) is 57.9 Å². The zero-order chi connectivity index (χ0) is 21.6. The minimum Gasteiger partial charge on any atom is -0.493 e. The second kappa shape index (κ2) is 9.51. The van der Waals surface area contributed by atoms with Crippen LogP contribution in [-0.2, 0) is 21.4 Å². The van der Waals surface area contributed by atoms with Gasteiger partial charge in [-0.15, -0.1) is 0 Å². The maximum atomic E-state index is 12.2. The first-order valence-electron chi connectivity index (χ1n) is 9.26. The van der Waals surface area contributed by atoms with Crippen molar-refractivity contribution in [2.75, 3.05) is 13.2 Å². The van der Waals surface area contributed by atoms with Crippen molar-refractivity contribution in [1.29, 1.82) is 0 Å². The highest BCUT2D eigenvalue weighted by Crippen LogP contribution is 2.27. The highest BCUT2D eigenvalue weighted by Gasteiger charge is 2.17. The summed E-state index contributed by atoms with van der Waals surface area (Å²) >= 11 is 0. The molecule has 2 aromatic carbocycles. The van der Waals surface area contributed by atoms with Crippen LogP contribution in [-0.4, -0.2) is 37.7 Å². The Morgan fingerprint density at radius 3 is 2.53 bits per heavy atom. The summed E-state index contributed by atoms with van der Waals surface area (Å²) in [4.78, 5) is 16.5. The van der Waals surface area contributed by atoms with Crippen LogP contribution in [0.2, 0.25) is 0 Å². The van der Waals surface area contributed by atoms with Crippen LogP contribution in [0.1, 0.15) is 30.1 Å². The van der Waals surface area contributed by atoms with E-state index in [1.54, 1.807) is 19.1 Å². The molecule has 1 N–H and O–H groups in total. The minimum absolute atomic E-state index is 0.0652. The molecule has 0 radical (unpaired) electrons. The van der Waals surface area contributed by atoms with Crippen LogP contribution in [0.3, 0.4) is 0 Å². The molecule has 10 heteroatoms. The fraction of sp³-hybridized carbons (Fsp3) is 0.250. The SMILES string of the molecule is CCNS(=O)(=O)c1ccc(C(=O)OCc2nc(-c3ccccc3OCC)no2)cc1. The van der Waals surface area contributed by atoms with E-state index in [9.17, 15) is 13.2 Å². The van der Waals surface area contributed by atoms with Gasteiger partial charge in [0.1, 0.15) is 5.75 Å². The van der Waals surface area contributed by atoms with Gasteiger partial charge in [0.2, 0.25) is 15.8 Å². The van der Waals surface area contributed by atoms with Gasteiger partial charge >= 0.3 is 5.97 Å². The molecule has 0 aliphatic heterocycles. The molecular weight excluding hydrogens is 410 g/mol. The van der Waals surface area contributed by atoms with Gasteiger partial charge in [-0.3, -0.25) is 0 Å². The number of esters is 1. The van der Waals surface area contributed by atoms with Gasteiger partial charge in [0.15, 0.2) is 6.61 Å². The molecule has 0 fully saturated rings. The zero-order valence-corrected chi connectivity index (χ0v) is 17.3. The number of carbonyl (C=O) groups is 1. The van der Waals surface area contributed by atoms with Crippen molar-refractivity contribution >= 4 is 16.0 Å². The largest absolute Gasteiger partial charge is 0.493 e. The Morgan fingerprint density at radius 2 is 1.83 bits per heavy atom. The normalized spacial score (nSPS) is 11.3. The van der Waals surface area contributed by atoms with Gasteiger partial charge in [-0.25, -0.2) is 17.9 Å². The first kappa shape index (κ1) is 21.5. The maximum absolute atomic E-state index is 12.2. The summed E-state index contributed by atoms with van der Waals surface area (Å²) in [5, 5.41) is 3.91. The average Bonchev–Trinajstić information content (AvgIpc) is 3.21. The van der Waals surface area contributed by atoms with Gasteiger partial charge in [-0.1, -0.05) is 24.2 Å². The number of benzene rings is 2. The van der Waals surface area contributed by atoms with E-state index in [0.717, 1.165) is 0 Å². The number of ether oxygens (including phenoxy) is 2. The second-order valence-electron chi connectivity index (χ2n) is 6.04. The Hall–Kier alpha value is -3.24. The summed E-state index contributed by atoms with van der Waals surface area (Å²) < 4.78 is 42.2. The van der Waals surface area contributed by atoms with Crippen LogP contribution >= 0.6 is 0 Å². The van der Waals surface area contributed by atoms with Gasteiger partial charge < -0.3 is 14.0 Å². The molecule has 1 heterocycles. The predicted molar refractivity (Wildman–Crippen MR) is 107 cm³/mol. The number of carbonyl (C=O) groups excluding carboxylic acids is 1. The fourth-order valence-electron chi connectivity index (χ4n) is 2.61. The smallest absolute Gasteiger partial charge is 0.338 e. The average molecular weight is 431 g/mol. The van der Waals surface area contributed by atoms with Crippen LogP contribution < -0.4 is 9.46 Å². The molecule has 0 atom stereocenters. The lowest BCUT2D eigenvalue weighted by molar-refractivity contribution is 0.0429. The lowest BCUT2D eigenvalue weighted by atomic mass is 10.2. The quantitative estimate of drug-likeness (QED) is 0.514. The van der Waals surface area contributed by atoms with Gasteiger partial charge in [-0.05, 0) is 43.3 Å². The third kappa shape index (κ3) is 5.02. The Morgan fingerprint density at radius 1 is 1.10 bits per heavy atom. The molecule has 3 aromatic rings. The van der Waals surface area contributed by atoms with Crippen LogP contribution in [0.25, 0.3) is 11.4 Å². The Balaban J connectivity index is 1.65. The maximum Gasteiger partial charge on any atom is 0.338 e. The summed E-state index contributed by atoms with van der Waals surface area (Å²) in [7, 11) is -3.59. The number of para-hydroxylation sites is 1. The standard InChI is InChI=1S/C20H21N3O6S/c1-3-21-30(25,26)15-11-9-14(10-12-15)20(24)28-13-18-22-19(23-29-18)16-7-5-6-8-17(16)27-4-2/h5-12,21H,3-4,13H2,1-2H3. The summed E-state index contributed by atoms with van der Waals surface area (Å²) in [6.07, 6.45) is 0. The first-order chi connectivity index (χ1) is 14.4. The molecule has 0 bridgehead atoms. The number of aromatic nitrogens is 2. The molecule has 0 spiro atoms. The molecule has 158 valence electrons. The third-order valence-electron chi connectivity index (χ3n) is 3.96. The van der Waals surface area contributed by atoms with Crippen LogP contribution in [0.4, 0.5) is 0 Å². The van der Waals surface area contributed by atoms with E-state index in [0.29, 0.717) is 23.7 Å². The van der Waals surface area contributed by atoms with Gasteiger partial charge in [0, 0.05) is 6.54 Å². The monoisotopic (exact) mass is 431 g/mol. The van der Waals surface area contributed by atoms with Crippen molar-refractivity contribution in [2.45, 2.75) is 25.3 Å². The highest BCUT2D eigenvalue weighted by atomic mass is 32.2.